The number of carbonyl (C=O) groups is 1. The molecule has 6 fully saturated rings. The highest BCUT2D eigenvalue weighted by atomic mass is 16.5. The number of likely N-dealkylation sites (tertiary alicyclic amines) is 1. The molecule has 3 nitrogen and oxygen atoms in total. The van der Waals surface area contributed by atoms with Crippen molar-refractivity contribution in [3.05, 3.63) is 12.2 Å². The van der Waals surface area contributed by atoms with E-state index in [2.05, 4.69) is 53.4 Å². The first-order chi connectivity index (χ1) is 18.7. The molecular formula is C37H61NO2. The molecule has 0 radical (unpaired) electrons. The highest BCUT2D eigenvalue weighted by Crippen LogP contribution is 2.77. The lowest BCUT2D eigenvalue weighted by Crippen LogP contribution is -2.69. The van der Waals surface area contributed by atoms with Crippen LogP contribution in [0.1, 0.15) is 132 Å². The zero-order chi connectivity index (χ0) is 28.8. The molecule has 0 aromatic rings. The number of Topliss-reactive ketones (excluding diaryl/α,β-unsaturated/α-hetero) is 1. The van der Waals surface area contributed by atoms with Crippen LogP contribution in [0.2, 0.25) is 0 Å². The molecule has 0 aromatic carbocycles. The molecular weight excluding hydrogens is 490 g/mol. The van der Waals surface area contributed by atoms with Gasteiger partial charge in [0.05, 0.1) is 12.7 Å². The van der Waals surface area contributed by atoms with Crippen LogP contribution in [0.5, 0.6) is 0 Å². The van der Waals surface area contributed by atoms with E-state index in [1.54, 1.807) is 5.57 Å². The Bertz CT molecular complexity index is 1020. The third-order valence-electron chi connectivity index (χ3n) is 15.5. The Hall–Kier alpha value is -0.670. The average molecular weight is 552 g/mol. The van der Waals surface area contributed by atoms with E-state index in [0.717, 1.165) is 38.3 Å². The van der Waals surface area contributed by atoms with Crippen molar-refractivity contribution in [2.45, 2.75) is 138 Å². The van der Waals surface area contributed by atoms with Gasteiger partial charge in [-0.2, -0.15) is 0 Å². The fourth-order valence-electron chi connectivity index (χ4n) is 12.8. The van der Waals surface area contributed by atoms with Crippen LogP contribution in [-0.4, -0.2) is 43.0 Å². The quantitative estimate of drug-likeness (QED) is 0.327. The molecule has 5 saturated carbocycles. The Labute approximate surface area is 246 Å². The summed E-state index contributed by atoms with van der Waals surface area (Å²) in [6.45, 7) is 26.6. The fraction of sp³-hybridized carbons (Fsp3) is 0.919. The van der Waals surface area contributed by atoms with Crippen molar-refractivity contribution in [3.63, 3.8) is 0 Å². The lowest BCUT2D eigenvalue weighted by Gasteiger charge is -2.73. The van der Waals surface area contributed by atoms with Crippen molar-refractivity contribution in [2.24, 2.45) is 50.2 Å². The minimum atomic E-state index is -0.301. The topological polar surface area (TPSA) is 29.5 Å². The van der Waals surface area contributed by atoms with Gasteiger partial charge in [0, 0.05) is 24.3 Å². The number of nitrogens with zero attached hydrogens (tertiary/aromatic N) is 1. The number of hydrogen-bond acceptors (Lipinski definition) is 3. The predicted octanol–water partition coefficient (Wildman–Crippen LogP) is 8.86. The average Bonchev–Trinajstić information content (AvgIpc) is 3.11. The molecule has 1 heterocycles. The van der Waals surface area contributed by atoms with Crippen LogP contribution in [0.3, 0.4) is 0 Å². The summed E-state index contributed by atoms with van der Waals surface area (Å²) < 4.78 is 7.08. The second-order valence-corrected chi connectivity index (χ2v) is 17.6. The summed E-state index contributed by atoms with van der Waals surface area (Å²) >= 11 is 0. The number of rotatable bonds is 4. The van der Waals surface area contributed by atoms with Crippen LogP contribution in [0.15, 0.2) is 12.2 Å². The minimum Gasteiger partial charge on any atom is -0.377 e. The van der Waals surface area contributed by atoms with Gasteiger partial charge in [0.1, 0.15) is 5.78 Å². The first-order valence-electron chi connectivity index (χ1n) is 17.3. The molecule has 6 rings (SSSR count). The van der Waals surface area contributed by atoms with Gasteiger partial charge in [0.2, 0.25) is 0 Å². The largest absolute Gasteiger partial charge is 0.377 e. The second kappa shape index (κ2) is 9.67. The molecule has 1 saturated heterocycles. The van der Waals surface area contributed by atoms with Gasteiger partial charge in [-0.1, -0.05) is 67.0 Å². The van der Waals surface area contributed by atoms with Crippen LogP contribution in [-0.2, 0) is 9.53 Å². The van der Waals surface area contributed by atoms with Crippen molar-refractivity contribution in [2.75, 3.05) is 26.2 Å². The minimum absolute atomic E-state index is 0.166. The normalized spacial score (nSPS) is 48.5. The highest BCUT2D eigenvalue weighted by molar-refractivity contribution is 5.85. The Balaban J connectivity index is 1.32. The first kappa shape index (κ1) is 29.4. The van der Waals surface area contributed by atoms with Crippen LogP contribution in [0.25, 0.3) is 0 Å². The van der Waals surface area contributed by atoms with Crippen molar-refractivity contribution < 1.29 is 9.53 Å². The van der Waals surface area contributed by atoms with E-state index in [-0.39, 0.29) is 22.3 Å². The van der Waals surface area contributed by atoms with Gasteiger partial charge >= 0.3 is 0 Å². The molecule has 1 unspecified atom stereocenters. The molecule has 0 bridgehead atoms. The maximum absolute atomic E-state index is 13.5. The van der Waals surface area contributed by atoms with E-state index in [1.165, 1.54) is 77.3 Å². The third-order valence-corrected chi connectivity index (χ3v) is 15.5. The van der Waals surface area contributed by atoms with E-state index in [1.807, 2.05) is 0 Å². The van der Waals surface area contributed by atoms with Gasteiger partial charge in [0.15, 0.2) is 0 Å². The maximum Gasteiger partial charge on any atom is 0.138 e. The molecule has 0 amide bonds. The Morgan fingerprint density at radius 3 is 2.25 bits per heavy atom. The van der Waals surface area contributed by atoms with Crippen LogP contribution in [0.4, 0.5) is 0 Å². The van der Waals surface area contributed by atoms with E-state index in [4.69, 9.17) is 11.3 Å². The van der Waals surface area contributed by atoms with Crippen LogP contribution >= 0.6 is 0 Å². The number of hydrogen-bond donors (Lipinski definition) is 0. The number of ether oxygens (including phenoxy) is 1. The summed E-state index contributed by atoms with van der Waals surface area (Å²) in [6, 6.07) is 0. The van der Waals surface area contributed by atoms with E-state index >= 15 is 0 Å². The van der Waals surface area contributed by atoms with Gasteiger partial charge in [-0.05, 0) is 123 Å². The van der Waals surface area contributed by atoms with Crippen molar-refractivity contribution in [1.82, 2.24) is 4.90 Å². The molecule has 226 valence electrons. The van der Waals surface area contributed by atoms with Crippen molar-refractivity contribution in [3.8, 4) is 0 Å². The van der Waals surface area contributed by atoms with Crippen LogP contribution in [0, 0.1) is 50.2 Å². The molecule has 5 aliphatic carbocycles. The molecule has 0 aromatic heterocycles. The number of fused-ring (bicyclic) bond motifs is 5. The number of allylic oxidation sites excluding steroid dienone is 1. The van der Waals surface area contributed by atoms with E-state index in [9.17, 15) is 4.79 Å². The molecule has 1 aliphatic heterocycles. The van der Waals surface area contributed by atoms with Crippen molar-refractivity contribution in [1.29, 1.82) is 0 Å². The number of ketones is 1. The first-order valence-corrected chi connectivity index (χ1v) is 17.3. The van der Waals surface area contributed by atoms with Gasteiger partial charge in [-0.25, -0.2) is 0 Å². The summed E-state index contributed by atoms with van der Waals surface area (Å²) in [6.07, 6.45) is 16.4. The van der Waals surface area contributed by atoms with Gasteiger partial charge in [-0.15, -0.1) is 0 Å². The summed E-state index contributed by atoms with van der Waals surface area (Å²) in [5.74, 6) is 2.24. The Morgan fingerprint density at radius 2 is 1.57 bits per heavy atom. The summed E-state index contributed by atoms with van der Waals surface area (Å²) in [4.78, 5) is 16.1. The lowest BCUT2D eigenvalue weighted by molar-refractivity contribution is -0.259. The number of carbonyl (C=O) groups excluding carboxylic acids is 1. The zero-order valence-electron chi connectivity index (χ0n) is 27.3. The molecule has 3 heteroatoms. The predicted molar refractivity (Wildman–Crippen MR) is 165 cm³/mol. The molecule has 0 N–H and O–H groups in total. The summed E-state index contributed by atoms with van der Waals surface area (Å²) in [5.41, 5.74) is 2.72. The molecule has 1 spiro atoms. The Morgan fingerprint density at radius 1 is 0.850 bits per heavy atom. The summed E-state index contributed by atoms with van der Waals surface area (Å²) in [7, 11) is 0. The van der Waals surface area contributed by atoms with Gasteiger partial charge in [0.25, 0.3) is 0 Å². The Kier molecular flexibility index (Phi) is 7.11. The number of piperidine rings is 1. The third kappa shape index (κ3) is 3.98. The smallest absolute Gasteiger partial charge is 0.138 e. The summed E-state index contributed by atoms with van der Waals surface area (Å²) in [5, 5.41) is 0. The van der Waals surface area contributed by atoms with Crippen molar-refractivity contribution >= 4 is 5.78 Å². The van der Waals surface area contributed by atoms with Gasteiger partial charge in [-0.3, -0.25) is 4.79 Å². The monoisotopic (exact) mass is 551 g/mol. The van der Waals surface area contributed by atoms with Gasteiger partial charge < -0.3 is 9.64 Å². The SMILES string of the molecule is C=C1CCC(C)(C)C12CC[C@]1(C)[C@H](CC[C@@H]3[C@@]4(C)CCC(=O)C(C)(C)[C@@H]4[C@H](OCCN4CCCCC4)C[C@]31C)C2. The van der Waals surface area contributed by atoms with Crippen LogP contribution < -0.4 is 0 Å². The van der Waals surface area contributed by atoms with E-state index in [0.29, 0.717) is 33.9 Å². The molecule has 40 heavy (non-hydrogen) atoms. The second-order valence-electron chi connectivity index (χ2n) is 17.6. The lowest BCUT2D eigenvalue weighted by atomic mass is 9.32. The fourth-order valence-corrected chi connectivity index (χ4v) is 12.8. The zero-order valence-corrected chi connectivity index (χ0v) is 27.3. The highest BCUT2D eigenvalue weighted by Gasteiger charge is 2.71. The molecule has 6 aliphatic rings. The maximum atomic E-state index is 13.5. The standard InChI is InChI=1S/C37H61NO2/c1-26-14-16-32(2,3)37(26)19-18-35(7)27(24-37)12-13-29-34(6)17-15-30(39)33(4,5)31(34)28(25-36(29,35)8)40-23-22-38-20-10-9-11-21-38/h27-29,31H,1,9-25H2,2-8H3/t27-,28-,29-,31+,34-,35-,36-,37?/m1/s1. The molecule has 8 atom stereocenters. The van der Waals surface area contributed by atoms with E-state index < -0.39 is 0 Å².